The van der Waals surface area contributed by atoms with Gasteiger partial charge in [0.15, 0.2) is 0 Å². The van der Waals surface area contributed by atoms with Crippen LogP contribution in [0.25, 0.3) is 11.5 Å². The molecule has 1 aromatic heterocycles. The van der Waals surface area contributed by atoms with E-state index in [9.17, 15) is 4.39 Å². The summed E-state index contributed by atoms with van der Waals surface area (Å²) in [5.41, 5.74) is 0.319. The lowest BCUT2D eigenvalue weighted by Crippen LogP contribution is -2.14. The summed E-state index contributed by atoms with van der Waals surface area (Å²) >= 11 is 3.29. The van der Waals surface area contributed by atoms with E-state index in [1.54, 1.807) is 12.1 Å². The Balaban J connectivity index is 2.06. The van der Waals surface area contributed by atoms with Gasteiger partial charge < -0.3 is 9.73 Å². The van der Waals surface area contributed by atoms with Gasteiger partial charge in [0.2, 0.25) is 5.89 Å². The number of rotatable bonds is 6. The molecule has 0 aliphatic carbocycles. The molecule has 0 saturated heterocycles. The van der Waals surface area contributed by atoms with Crippen molar-refractivity contribution in [3.8, 4) is 11.5 Å². The Morgan fingerprint density at radius 2 is 2.21 bits per heavy atom. The molecule has 6 heteroatoms. The van der Waals surface area contributed by atoms with E-state index in [1.807, 2.05) is 0 Å². The third kappa shape index (κ3) is 3.84. The molecule has 0 atom stereocenters. The number of nitrogens with zero attached hydrogens (tertiary/aromatic N) is 2. The summed E-state index contributed by atoms with van der Waals surface area (Å²) < 4.78 is 19.9. The molecular formula is C13H15BrFN3O. The van der Waals surface area contributed by atoms with Gasteiger partial charge >= 0.3 is 0 Å². The van der Waals surface area contributed by atoms with Crippen LogP contribution in [0.2, 0.25) is 0 Å². The fourth-order valence-electron chi connectivity index (χ4n) is 1.67. The average Bonchev–Trinajstić information content (AvgIpc) is 2.86. The summed E-state index contributed by atoms with van der Waals surface area (Å²) in [6, 6.07) is 4.63. The minimum absolute atomic E-state index is 0.220. The Morgan fingerprint density at radius 3 is 3.00 bits per heavy atom. The molecule has 0 bridgehead atoms. The lowest BCUT2D eigenvalue weighted by molar-refractivity contribution is 0.489. The number of halogens is 2. The van der Waals surface area contributed by atoms with E-state index in [4.69, 9.17) is 4.42 Å². The molecule has 19 heavy (non-hydrogen) atoms. The smallest absolute Gasteiger partial charge is 0.250 e. The van der Waals surface area contributed by atoms with E-state index in [-0.39, 0.29) is 11.7 Å². The van der Waals surface area contributed by atoms with Crippen LogP contribution in [0.15, 0.2) is 27.1 Å². The molecule has 0 spiro atoms. The first-order chi connectivity index (χ1) is 9.20. The van der Waals surface area contributed by atoms with E-state index in [2.05, 4.69) is 38.4 Å². The van der Waals surface area contributed by atoms with Crippen molar-refractivity contribution in [1.29, 1.82) is 0 Å². The Kier molecular flexibility index (Phi) is 5.04. The van der Waals surface area contributed by atoms with Crippen molar-refractivity contribution in [2.24, 2.45) is 0 Å². The van der Waals surface area contributed by atoms with Crippen LogP contribution in [-0.4, -0.2) is 23.3 Å². The molecule has 1 N–H and O–H groups in total. The van der Waals surface area contributed by atoms with Gasteiger partial charge in [-0.05, 0) is 37.7 Å². The third-order valence-corrected chi connectivity index (χ3v) is 3.11. The van der Waals surface area contributed by atoms with Gasteiger partial charge in [-0.2, -0.15) is 0 Å². The van der Waals surface area contributed by atoms with Crippen molar-refractivity contribution in [2.45, 2.75) is 19.8 Å². The number of nitrogens with one attached hydrogen (secondary N) is 1. The molecule has 1 aromatic carbocycles. The van der Waals surface area contributed by atoms with Crippen LogP contribution in [-0.2, 0) is 6.42 Å². The van der Waals surface area contributed by atoms with Crippen molar-refractivity contribution in [3.63, 3.8) is 0 Å². The van der Waals surface area contributed by atoms with Crippen molar-refractivity contribution in [1.82, 2.24) is 15.5 Å². The standard InChI is InChI=1S/C13H15BrFN3O/c1-2-16-7-3-4-12-17-18-13(19-12)10-8-9(14)5-6-11(10)15/h5-6,8,16H,2-4,7H2,1H3. The van der Waals surface area contributed by atoms with Crippen molar-refractivity contribution < 1.29 is 8.81 Å². The zero-order valence-corrected chi connectivity index (χ0v) is 12.2. The monoisotopic (exact) mass is 327 g/mol. The van der Waals surface area contributed by atoms with E-state index < -0.39 is 0 Å². The van der Waals surface area contributed by atoms with Gasteiger partial charge in [0.05, 0.1) is 5.56 Å². The summed E-state index contributed by atoms with van der Waals surface area (Å²) in [5, 5.41) is 11.0. The van der Waals surface area contributed by atoms with Gasteiger partial charge in [0.1, 0.15) is 5.82 Å². The summed E-state index contributed by atoms with van der Waals surface area (Å²) in [4.78, 5) is 0. The number of hydrogen-bond acceptors (Lipinski definition) is 4. The van der Waals surface area contributed by atoms with Crippen LogP contribution >= 0.6 is 15.9 Å². The van der Waals surface area contributed by atoms with E-state index in [1.165, 1.54) is 6.07 Å². The Labute approximate surface area is 119 Å². The molecule has 102 valence electrons. The summed E-state index contributed by atoms with van der Waals surface area (Å²) in [5.74, 6) is 0.385. The lowest BCUT2D eigenvalue weighted by atomic mass is 10.2. The van der Waals surface area contributed by atoms with Gasteiger partial charge in [0.25, 0.3) is 5.89 Å². The summed E-state index contributed by atoms with van der Waals surface area (Å²) in [6.07, 6.45) is 1.60. The van der Waals surface area contributed by atoms with Crippen LogP contribution in [0, 0.1) is 5.82 Å². The number of hydrogen-bond donors (Lipinski definition) is 1. The Morgan fingerprint density at radius 1 is 1.37 bits per heavy atom. The fourth-order valence-corrected chi connectivity index (χ4v) is 2.03. The number of aromatic nitrogens is 2. The van der Waals surface area contributed by atoms with Crippen molar-refractivity contribution in [2.75, 3.05) is 13.1 Å². The predicted molar refractivity (Wildman–Crippen MR) is 74.3 cm³/mol. The molecule has 0 saturated carbocycles. The minimum Gasteiger partial charge on any atom is -0.421 e. The average molecular weight is 328 g/mol. The predicted octanol–water partition coefficient (Wildman–Crippen LogP) is 3.18. The van der Waals surface area contributed by atoms with Crippen LogP contribution in [0.5, 0.6) is 0 Å². The Bertz CT molecular complexity index is 544. The number of aryl methyl sites for hydroxylation is 1. The molecule has 1 heterocycles. The molecule has 2 rings (SSSR count). The molecule has 0 radical (unpaired) electrons. The first-order valence-electron chi connectivity index (χ1n) is 6.19. The van der Waals surface area contributed by atoms with E-state index in [0.29, 0.717) is 17.9 Å². The molecule has 0 fully saturated rings. The second kappa shape index (κ2) is 6.77. The van der Waals surface area contributed by atoms with Crippen LogP contribution < -0.4 is 5.32 Å². The zero-order valence-electron chi connectivity index (χ0n) is 10.6. The summed E-state index contributed by atoms with van der Waals surface area (Å²) in [6.45, 7) is 3.90. The summed E-state index contributed by atoms with van der Waals surface area (Å²) in [7, 11) is 0. The van der Waals surface area contributed by atoms with Gasteiger partial charge in [-0.25, -0.2) is 4.39 Å². The second-order valence-corrected chi connectivity index (χ2v) is 5.00. The van der Waals surface area contributed by atoms with E-state index in [0.717, 1.165) is 24.0 Å². The lowest BCUT2D eigenvalue weighted by Gasteiger charge is -1.99. The van der Waals surface area contributed by atoms with Gasteiger partial charge in [-0.15, -0.1) is 10.2 Å². The highest BCUT2D eigenvalue weighted by molar-refractivity contribution is 9.10. The maximum absolute atomic E-state index is 13.7. The van der Waals surface area contributed by atoms with Gasteiger partial charge in [-0.1, -0.05) is 22.9 Å². The molecular weight excluding hydrogens is 313 g/mol. The van der Waals surface area contributed by atoms with Crippen molar-refractivity contribution >= 4 is 15.9 Å². The van der Waals surface area contributed by atoms with Gasteiger partial charge in [-0.3, -0.25) is 0 Å². The molecule has 0 amide bonds. The molecule has 0 unspecified atom stereocenters. The SMILES string of the molecule is CCNCCCc1nnc(-c2cc(Br)ccc2F)o1. The topological polar surface area (TPSA) is 51.0 Å². The zero-order chi connectivity index (χ0) is 13.7. The minimum atomic E-state index is -0.369. The molecule has 0 aliphatic heterocycles. The first-order valence-corrected chi connectivity index (χ1v) is 6.98. The quantitative estimate of drug-likeness (QED) is 0.828. The van der Waals surface area contributed by atoms with Crippen LogP contribution in [0.3, 0.4) is 0 Å². The van der Waals surface area contributed by atoms with Crippen molar-refractivity contribution in [3.05, 3.63) is 34.4 Å². The highest BCUT2D eigenvalue weighted by atomic mass is 79.9. The van der Waals surface area contributed by atoms with Gasteiger partial charge in [0, 0.05) is 10.9 Å². The van der Waals surface area contributed by atoms with Crippen LogP contribution in [0.4, 0.5) is 4.39 Å². The molecule has 2 aromatic rings. The Hall–Kier alpha value is -1.27. The maximum atomic E-state index is 13.7. The second-order valence-electron chi connectivity index (χ2n) is 4.08. The van der Waals surface area contributed by atoms with E-state index >= 15 is 0 Å². The van der Waals surface area contributed by atoms with Crippen LogP contribution in [0.1, 0.15) is 19.2 Å². The largest absolute Gasteiger partial charge is 0.421 e. The highest BCUT2D eigenvalue weighted by Gasteiger charge is 2.13. The molecule has 0 aliphatic rings. The highest BCUT2D eigenvalue weighted by Crippen LogP contribution is 2.25. The fraction of sp³-hybridized carbons (Fsp3) is 0.385. The third-order valence-electron chi connectivity index (χ3n) is 2.62. The number of benzene rings is 1. The maximum Gasteiger partial charge on any atom is 0.250 e. The first kappa shape index (κ1) is 14.1. The molecule has 4 nitrogen and oxygen atoms in total. The normalized spacial score (nSPS) is 10.9.